The summed E-state index contributed by atoms with van der Waals surface area (Å²) in [6, 6.07) is 8.27. The number of hydrogen-bond acceptors (Lipinski definition) is 3. The van der Waals surface area contributed by atoms with Gasteiger partial charge in [-0.2, -0.15) is 0 Å². The summed E-state index contributed by atoms with van der Waals surface area (Å²) in [5.74, 6) is 0. The maximum absolute atomic E-state index is 15.2. The molecule has 0 amide bonds. The second kappa shape index (κ2) is 5.92. The second-order valence-electron chi connectivity index (χ2n) is 7.27. The fourth-order valence-corrected chi connectivity index (χ4v) is 5.20. The van der Waals surface area contributed by atoms with E-state index in [9.17, 15) is 8.42 Å². The zero-order chi connectivity index (χ0) is 17.7. The number of alkyl halides is 1. The molecule has 25 heavy (non-hydrogen) atoms. The Bertz CT molecular complexity index is 885. The van der Waals surface area contributed by atoms with Crippen molar-refractivity contribution in [2.75, 3.05) is 0 Å². The van der Waals surface area contributed by atoms with Gasteiger partial charge >= 0.3 is 0 Å². The zero-order valence-electron chi connectivity index (χ0n) is 13.9. The van der Waals surface area contributed by atoms with Crippen LogP contribution in [0.3, 0.4) is 0 Å². The van der Waals surface area contributed by atoms with Gasteiger partial charge < -0.3 is 4.57 Å². The number of fused-ring (bicyclic) bond motifs is 3. The Balaban J connectivity index is 1.48. The summed E-state index contributed by atoms with van der Waals surface area (Å²) in [4.78, 5) is 4.23. The van der Waals surface area contributed by atoms with Crippen LogP contribution in [0.2, 0.25) is 0 Å². The molecular formula is C18H22FN3O2S. The highest BCUT2D eigenvalue weighted by atomic mass is 32.2. The summed E-state index contributed by atoms with van der Waals surface area (Å²) in [6.07, 6.45) is 5.90. The number of sulfonamides is 1. The molecule has 0 bridgehead atoms. The van der Waals surface area contributed by atoms with Crippen molar-refractivity contribution in [1.82, 2.24) is 9.55 Å². The van der Waals surface area contributed by atoms with Crippen LogP contribution in [-0.4, -0.2) is 28.9 Å². The summed E-state index contributed by atoms with van der Waals surface area (Å²) < 4.78 is 40.2. The first-order chi connectivity index (χ1) is 11.9. The molecule has 1 atom stereocenters. The van der Waals surface area contributed by atoms with Gasteiger partial charge in [0.15, 0.2) is 0 Å². The molecule has 5 nitrogen and oxygen atoms in total. The fourth-order valence-electron chi connectivity index (χ4n) is 4.31. The van der Waals surface area contributed by atoms with E-state index in [2.05, 4.69) is 21.7 Å². The topological polar surface area (TPSA) is 78.0 Å². The number of benzene rings is 1. The number of hydrogen-bond donors (Lipinski definition) is 1. The molecule has 2 heterocycles. The van der Waals surface area contributed by atoms with E-state index in [0.717, 1.165) is 11.3 Å². The average molecular weight is 363 g/mol. The molecule has 7 heteroatoms. The van der Waals surface area contributed by atoms with E-state index in [1.54, 1.807) is 0 Å². The summed E-state index contributed by atoms with van der Waals surface area (Å²) in [5, 5.41) is 4.61. The lowest BCUT2D eigenvalue weighted by molar-refractivity contribution is 0.0914. The minimum Gasteiger partial charge on any atom is -0.323 e. The van der Waals surface area contributed by atoms with Crippen LogP contribution < -0.4 is 5.14 Å². The van der Waals surface area contributed by atoms with E-state index >= 15 is 4.39 Å². The van der Waals surface area contributed by atoms with Gasteiger partial charge in [-0.05, 0) is 44.1 Å². The molecule has 2 aliphatic rings. The number of imidazole rings is 1. The van der Waals surface area contributed by atoms with Crippen molar-refractivity contribution >= 4 is 10.0 Å². The molecule has 2 aromatic rings. The summed E-state index contributed by atoms with van der Waals surface area (Å²) >= 11 is 0. The fraction of sp³-hybridized carbons (Fsp3) is 0.500. The number of halogens is 1. The molecule has 1 aliphatic heterocycles. The molecule has 1 aromatic carbocycles. The minimum atomic E-state index is -3.56. The molecule has 0 radical (unpaired) electrons. The molecule has 0 unspecified atom stereocenters. The number of primary sulfonamides is 1. The van der Waals surface area contributed by atoms with Gasteiger partial charge in [0.25, 0.3) is 0 Å². The predicted octanol–water partition coefficient (Wildman–Crippen LogP) is 3.17. The van der Waals surface area contributed by atoms with Crippen LogP contribution in [0.5, 0.6) is 0 Å². The van der Waals surface area contributed by atoms with Crippen LogP contribution >= 0.6 is 0 Å². The Morgan fingerprint density at radius 2 is 2.00 bits per heavy atom. The van der Waals surface area contributed by atoms with Crippen molar-refractivity contribution in [2.45, 2.75) is 55.5 Å². The molecule has 0 saturated heterocycles. The smallest absolute Gasteiger partial charge is 0.211 e. The minimum absolute atomic E-state index is 0.0947. The normalized spacial score (nSPS) is 28.6. The van der Waals surface area contributed by atoms with E-state index in [4.69, 9.17) is 5.14 Å². The summed E-state index contributed by atoms with van der Waals surface area (Å²) in [6.45, 7) is 0. The lowest BCUT2D eigenvalue weighted by Crippen LogP contribution is -2.38. The Morgan fingerprint density at radius 1 is 1.28 bits per heavy atom. The van der Waals surface area contributed by atoms with Crippen molar-refractivity contribution in [1.29, 1.82) is 0 Å². The van der Waals surface area contributed by atoms with E-state index in [1.807, 2.05) is 24.7 Å². The van der Waals surface area contributed by atoms with Gasteiger partial charge in [-0.1, -0.05) is 24.3 Å². The molecule has 1 aliphatic carbocycles. The first-order valence-electron chi connectivity index (χ1n) is 8.69. The van der Waals surface area contributed by atoms with Crippen LogP contribution in [0.1, 0.15) is 50.1 Å². The average Bonchev–Trinajstić information content (AvgIpc) is 3.14. The van der Waals surface area contributed by atoms with Crippen molar-refractivity contribution in [3.05, 3.63) is 42.4 Å². The van der Waals surface area contributed by atoms with Gasteiger partial charge in [-0.25, -0.2) is 22.9 Å². The molecule has 1 aromatic heterocycles. The molecule has 134 valence electrons. The van der Waals surface area contributed by atoms with Crippen LogP contribution in [0, 0.1) is 0 Å². The quantitative estimate of drug-likeness (QED) is 0.906. The third-order valence-electron chi connectivity index (χ3n) is 5.76. The molecule has 1 saturated carbocycles. The Morgan fingerprint density at radius 3 is 2.72 bits per heavy atom. The number of nitrogens with two attached hydrogens (primary N) is 1. The van der Waals surface area contributed by atoms with Gasteiger partial charge in [-0.3, -0.25) is 0 Å². The molecule has 2 N–H and O–H groups in total. The highest BCUT2D eigenvalue weighted by molar-refractivity contribution is 7.89. The second-order valence-corrected chi connectivity index (χ2v) is 9.11. The van der Waals surface area contributed by atoms with Crippen LogP contribution in [0.25, 0.3) is 11.3 Å². The summed E-state index contributed by atoms with van der Waals surface area (Å²) in [7, 11) is -3.56. The maximum atomic E-state index is 15.2. The van der Waals surface area contributed by atoms with Crippen molar-refractivity contribution in [2.24, 2.45) is 5.14 Å². The van der Waals surface area contributed by atoms with Crippen LogP contribution in [-0.2, 0) is 10.0 Å². The third kappa shape index (κ3) is 3.00. The Hall–Kier alpha value is -1.73. The predicted molar refractivity (Wildman–Crippen MR) is 94.2 cm³/mol. The van der Waals surface area contributed by atoms with Crippen molar-refractivity contribution in [3.8, 4) is 11.3 Å². The monoisotopic (exact) mass is 363 g/mol. The lowest BCUT2D eigenvalue weighted by Gasteiger charge is -2.33. The number of rotatable bonds is 4. The lowest BCUT2D eigenvalue weighted by atomic mass is 9.81. The van der Waals surface area contributed by atoms with E-state index < -0.39 is 20.9 Å². The number of nitrogens with zero attached hydrogens (tertiary/aromatic N) is 2. The van der Waals surface area contributed by atoms with Gasteiger partial charge in [0.1, 0.15) is 5.67 Å². The first-order valence-corrected chi connectivity index (χ1v) is 10.3. The molecular weight excluding hydrogens is 341 g/mol. The molecule has 4 rings (SSSR count). The number of aromatic nitrogens is 2. The summed E-state index contributed by atoms with van der Waals surface area (Å²) in [5.41, 5.74) is 2.14. The Labute approximate surface area is 147 Å². The highest BCUT2D eigenvalue weighted by Gasteiger charge is 2.40. The van der Waals surface area contributed by atoms with Gasteiger partial charge in [0.05, 0.1) is 29.5 Å². The van der Waals surface area contributed by atoms with Gasteiger partial charge in [0.2, 0.25) is 10.0 Å². The van der Waals surface area contributed by atoms with E-state index in [-0.39, 0.29) is 18.9 Å². The first kappa shape index (κ1) is 16.7. The van der Waals surface area contributed by atoms with Crippen molar-refractivity contribution < 1.29 is 12.8 Å². The molecule has 0 spiro atoms. The van der Waals surface area contributed by atoms with Crippen LogP contribution in [0.4, 0.5) is 4.39 Å². The largest absolute Gasteiger partial charge is 0.323 e. The standard InChI is InChI=1S/C18H22FN3O2S/c19-18(8-5-13(6-9-18)25(20,23)24)10-7-16-14-3-1-2-4-15(14)17-11-21-12-22(16)17/h1-4,11-13,16H,5-10H2,(H2,20,23,24)/t13-,16-,18+/m0/s1. The van der Waals surface area contributed by atoms with E-state index in [1.165, 1.54) is 5.56 Å². The van der Waals surface area contributed by atoms with Crippen molar-refractivity contribution in [3.63, 3.8) is 0 Å². The Kier molecular flexibility index (Phi) is 3.96. The molecule has 1 fully saturated rings. The SMILES string of the molecule is NS(=O)(=O)[C@H]1CC[C@](F)(CC[C@H]2c3ccccc3-c3cncn32)CC1. The van der Waals surface area contributed by atoms with E-state index in [0.29, 0.717) is 25.7 Å². The van der Waals surface area contributed by atoms with Gasteiger partial charge in [0, 0.05) is 5.56 Å². The highest BCUT2D eigenvalue weighted by Crippen LogP contribution is 2.44. The van der Waals surface area contributed by atoms with Crippen LogP contribution in [0.15, 0.2) is 36.8 Å². The maximum Gasteiger partial charge on any atom is 0.211 e. The third-order valence-corrected chi connectivity index (χ3v) is 7.16. The van der Waals surface area contributed by atoms with Gasteiger partial charge in [-0.15, -0.1) is 0 Å². The zero-order valence-corrected chi connectivity index (χ0v) is 14.8.